The lowest BCUT2D eigenvalue weighted by Gasteiger charge is -2.26. The van der Waals surface area contributed by atoms with E-state index in [0.717, 1.165) is 12.1 Å². The Kier molecular flexibility index (Phi) is 4.72. The monoisotopic (exact) mass is 314 g/mol. The molecule has 0 saturated carbocycles. The molecule has 1 unspecified atom stereocenters. The van der Waals surface area contributed by atoms with Gasteiger partial charge in [0.15, 0.2) is 0 Å². The summed E-state index contributed by atoms with van der Waals surface area (Å²) in [5.41, 5.74) is 5.27. The molecule has 1 aliphatic rings. The van der Waals surface area contributed by atoms with E-state index in [2.05, 4.69) is 0 Å². The molecule has 1 aromatic carbocycles. The van der Waals surface area contributed by atoms with Crippen molar-refractivity contribution in [2.75, 3.05) is 18.1 Å². The van der Waals surface area contributed by atoms with Gasteiger partial charge in [0, 0.05) is 12.1 Å². The third kappa shape index (κ3) is 3.12. The highest BCUT2D eigenvalue weighted by Gasteiger charge is 2.35. The number of anilines is 1. The molecule has 0 aromatic heterocycles. The first kappa shape index (κ1) is 15.6. The van der Waals surface area contributed by atoms with E-state index in [1.54, 1.807) is 6.92 Å². The fourth-order valence-corrected chi connectivity index (χ4v) is 2.62. The van der Waals surface area contributed by atoms with Crippen molar-refractivity contribution in [3.8, 4) is 0 Å². The maximum atomic E-state index is 14.2. The lowest BCUT2D eigenvalue weighted by Crippen LogP contribution is -2.38. The van der Waals surface area contributed by atoms with Gasteiger partial charge in [-0.1, -0.05) is 12.2 Å². The molecule has 114 valence electrons. The standard InChI is InChI=1S/C14H16F2N2O2S/c1-2-20-14(19)11-4-3-5-18(11)12-9(15)6-8(13(17)21)7-10(12)16/h6-7,11H,2-5H2,1H3,(H2,17,21). The van der Waals surface area contributed by atoms with E-state index in [9.17, 15) is 13.6 Å². The molecule has 0 spiro atoms. The summed E-state index contributed by atoms with van der Waals surface area (Å²) in [4.78, 5) is 13.2. The molecule has 7 heteroatoms. The van der Waals surface area contributed by atoms with Gasteiger partial charge < -0.3 is 15.4 Å². The van der Waals surface area contributed by atoms with Crippen LogP contribution in [-0.2, 0) is 9.53 Å². The molecule has 1 aliphatic heterocycles. The maximum Gasteiger partial charge on any atom is 0.328 e. The first-order chi connectivity index (χ1) is 9.95. The smallest absolute Gasteiger partial charge is 0.328 e. The minimum absolute atomic E-state index is 0.0808. The summed E-state index contributed by atoms with van der Waals surface area (Å²) < 4.78 is 33.3. The number of benzene rings is 1. The summed E-state index contributed by atoms with van der Waals surface area (Å²) in [6.45, 7) is 2.31. The average Bonchev–Trinajstić information content (AvgIpc) is 2.87. The third-order valence-electron chi connectivity index (χ3n) is 3.40. The maximum absolute atomic E-state index is 14.2. The largest absolute Gasteiger partial charge is 0.464 e. The number of halogens is 2. The minimum Gasteiger partial charge on any atom is -0.464 e. The second-order valence-electron chi connectivity index (χ2n) is 4.76. The summed E-state index contributed by atoms with van der Waals surface area (Å²) >= 11 is 4.72. The molecule has 2 N–H and O–H groups in total. The Labute approximate surface area is 126 Å². The number of ether oxygens (including phenoxy) is 1. The Morgan fingerprint density at radius 2 is 2.10 bits per heavy atom. The lowest BCUT2D eigenvalue weighted by atomic mass is 10.1. The van der Waals surface area contributed by atoms with Crippen LogP contribution in [0.5, 0.6) is 0 Å². The van der Waals surface area contributed by atoms with Crippen LogP contribution in [0.15, 0.2) is 12.1 Å². The first-order valence-electron chi connectivity index (χ1n) is 6.67. The average molecular weight is 314 g/mol. The van der Waals surface area contributed by atoms with Gasteiger partial charge in [-0.3, -0.25) is 0 Å². The Balaban J connectivity index is 2.37. The molecule has 0 aliphatic carbocycles. The molecule has 0 radical (unpaired) electrons. The van der Waals surface area contributed by atoms with Gasteiger partial charge in [0.25, 0.3) is 0 Å². The fraction of sp³-hybridized carbons (Fsp3) is 0.429. The van der Waals surface area contributed by atoms with Crippen molar-refractivity contribution in [1.82, 2.24) is 0 Å². The number of esters is 1. The Hall–Kier alpha value is -1.76. The van der Waals surface area contributed by atoms with Crippen LogP contribution in [0, 0.1) is 11.6 Å². The van der Waals surface area contributed by atoms with Gasteiger partial charge in [0.05, 0.1) is 6.61 Å². The highest BCUT2D eigenvalue weighted by atomic mass is 32.1. The van der Waals surface area contributed by atoms with E-state index in [0.29, 0.717) is 19.4 Å². The van der Waals surface area contributed by atoms with Crippen LogP contribution in [0.2, 0.25) is 0 Å². The third-order valence-corrected chi connectivity index (χ3v) is 3.64. The van der Waals surface area contributed by atoms with E-state index < -0.39 is 23.6 Å². The summed E-state index contributed by atoms with van der Waals surface area (Å²) in [7, 11) is 0. The summed E-state index contributed by atoms with van der Waals surface area (Å²) in [5, 5.41) is 0. The van der Waals surface area contributed by atoms with Crippen LogP contribution >= 0.6 is 12.2 Å². The van der Waals surface area contributed by atoms with Gasteiger partial charge in [-0.05, 0) is 31.9 Å². The van der Waals surface area contributed by atoms with E-state index in [1.807, 2.05) is 0 Å². The van der Waals surface area contributed by atoms with Crippen LogP contribution < -0.4 is 10.6 Å². The molecular weight excluding hydrogens is 298 g/mol. The molecule has 1 aromatic rings. The number of hydrogen-bond acceptors (Lipinski definition) is 4. The normalized spacial score (nSPS) is 17.9. The van der Waals surface area contributed by atoms with Crippen LogP contribution in [-0.4, -0.2) is 30.2 Å². The van der Waals surface area contributed by atoms with Crippen molar-refractivity contribution < 1.29 is 18.3 Å². The van der Waals surface area contributed by atoms with Crippen molar-refractivity contribution in [2.45, 2.75) is 25.8 Å². The van der Waals surface area contributed by atoms with Crippen LogP contribution in [0.25, 0.3) is 0 Å². The van der Waals surface area contributed by atoms with Crippen molar-refractivity contribution >= 4 is 28.9 Å². The first-order valence-corrected chi connectivity index (χ1v) is 7.08. The zero-order chi connectivity index (χ0) is 15.6. The van der Waals surface area contributed by atoms with Gasteiger partial charge in [-0.2, -0.15) is 0 Å². The van der Waals surface area contributed by atoms with Gasteiger partial charge in [-0.15, -0.1) is 0 Å². The summed E-state index contributed by atoms with van der Waals surface area (Å²) in [6.07, 6.45) is 1.17. The Morgan fingerprint density at radius 1 is 1.48 bits per heavy atom. The van der Waals surface area contributed by atoms with E-state index in [-0.39, 0.29) is 22.8 Å². The van der Waals surface area contributed by atoms with Crippen LogP contribution in [0.1, 0.15) is 25.3 Å². The van der Waals surface area contributed by atoms with Crippen LogP contribution in [0.3, 0.4) is 0 Å². The molecule has 0 amide bonds. The number of nitrogens with two attached hydrogens (primary N) is 1. The molecule has 4 nitrogen and oxygen atoms in total. The van der Waals surface area contributed by atoms with Crippen LogP contribution in [0.4, 0.5) is 14.5 Å². The summed E-state index contributed by atoms with van der Waals surface area (Å²) in [5.74, 6) is -2.03. The number of nitrogens with zero attached hydrogens (tertiary/aromatic N) is 1. The SMILES string of the molecule is CCOC(=O)C1CCCN1c1c(F)cc(C(N)=S)cc1F. The molecule has 1 fully saturated rings. The zero-order valence-electron chi connectivity index (χ0n) is 11.6. The summed E-state index contributed by atoms with van der Waals surface area (Å²) in [6, 6.07) is 1.51. The molecule has 1 heterocycles. The topological polar surface area (TPSA) is 55.6 Å². The Morgan fingerprint density at radius 3 is 2.62 bits per heavy atom. The lowest BCUT2D eigenvalue weighted by molar-refractivity contribution is -0.144. The predicted octanol–water partition coefficient (Wildman–Crippen LogP) is 2.13. The van der Waals surface area contributed by atoms with Crippen molar-refractivity contribution in [1.29, 1.82) is 0 Å². The second-order valence-corrected chi connectivity index (χ2v) is 5.20. The van der Waals surface area contributed by atoms with E-state index in [4.69, 9.17) is 22.7 Å². The fourth-order valence-electron chi connectivity index (χ4n) is 2.50. The van der Waals surface area contributed by atoms with E-state index in [1.165, 1.54) is 4.90 Å². The van der Waals surface area contributed by atoms with Gasteiger partial charge >= 0.3 is 5.97 Å². The highest BCUT2D eigenvalue weighted by Crippen LogP contribution is 2.32. The molecular formula is C14H16F2N2O2S. The quantitative estimate of drug-likeness (QED) is 0.681. The van der Waals surface area contributed by atoms with Gasteiger partial charge in [0.2, 0.25) is 0 Å². The van der Waals surface area contributed by atoms with Crippen molar-refractivity contribution in [3.05, 3.63) is 29.3 Å². The van der Waals surface area contributed by atoms with E-state index >= 15 is 0 Å². The minimum atomic E-state index is -0.783. The number of hydrogen-bond donors (Lipinski definition) is 1. The number of rotatable bonds is 4. The molecule has 0 bridgehead atoms. The molecule has 1 atom stereocenters. The zero-order valence-corrected chi connectivity index (χ0v) is 12.4. The van der Waals surface area contributed by atoms with Crippen molar-refractivity contribution in [3.63, 3.8) is 0 Å². The number of carbonyl (C=O) groups excluding carboxylic acids is 1. The molecule has 21 heavy (non-hydrogen) atoms. The van der Waals surface area contributed by atoms with Gasteiger partial charge in [-0.25, -0.2) is 13.6 Å². The second kappa shape index (κ2) is 6.34. The van der Waals surface area contributed by atoms with Crippen molar-refractivity contribution in [2.24, 2.45) is 5.73 Å². The Bertz CT molecular complexity index is 557. The highest BCUT2D eigenvalue weighted by molar-refractivity contribution is 7.80. The molecule has 2 rings (SSSR count). The van der Waals surface area contributed by atoms with Gasteiger partial charge in [0.1, 0.15) is 28.4 Å². The number of carbonyl (C=O) groups is 1. The number of thiocarbonyl (C=S) groups is 1. The molecule has 1 saturated heterocycles. The predicted molar refractivity (Wildman–Crippen MR) is 79.2 cm³/mol.